The van der Waals surface area contributed by atoms with Crippen molar-refractivity contribution in [1.29, 1.82) is 0 Å². The molecule has 1 aliphatic carbocycles. The molecule has 0 aromatic carbocycles. The van der Waals surface area contributed by atoms with Crippen molar-refractivity contribution in [2.24, 2.45) is 5.92 Å². The summed E-state index contributed by atoms with van der Waals surface area (Å²) >= 11 is 0. The quantitative estimate of drug-likeness (QED) is 0.653. The zero-order valence-electron chi connectivity index (χ0n) is 19.8. The maximum Gasteiger partial charge on any atom is 0.410 e. The summed E-state index contributed by atoms with van der Waals surface area (Å²) in [6.07, 6.45) is 4.91. The summed E-state index contributed by atoms with van der Waals surface area (Å²) in [6.45, 7) is 11.8. The molecule has 2 atom stereocenters. The minimum atomic E-state index is -0.607. The molecule has 30 heavy (non-hydrogen) atoms. The Hall–Kier alpha value is -1.83. The van der Waals surface area contributed by atoms with E-state index in [0.717, 1.165) is 32.1 Å². The lowest BCUT2D eigenvalue weighted by molar-refractivity contribution is -0.158. The molecule has 0 spiro atoms. The van der Waals surface area contributed by atoms with Crippen LogP contribution in [0.5, 0.6) is 0 Å². The number of rotatable bonds is 6. The van der Waals surface area contributed by atoms with E-state index in [1.807, 2.05) is 34.6 Å². The van der Waals surface area contributed by atoms with Gasteiger partial charge in [-0.3, -0.25) is 9.80 Å². The minimum Gasteiger partial charge on any atom is -0.464 e. The van der Waals surface area contributed by atoms with Gasteiger partial charge in [0, 0.05) is 20.0 Å². The second-order valence-corrected chi connectivity index (χ2v) is 8.75. The van der Waals surface area contributed by atoms with E-state index < -0.39 is 17.7 Å². The summed E-state index contributed by atoms with van der Waals surface area (Å²) in [5.41, 5.74) is 2.58. The van der Waals surface area contributed by atoms with Crippen molar-refractivity contribution in [3.05, 3.63) is 0 Å². The number of nitrogens with one attached hydrogen (secondary N) is 1. The highest BCUT2D eigenvalue weighted by Crippen LogP contribution is 2.31. The summed E-state index contributed by atoms with van der Waals surface area (Å²) in [7, 11) is 1.65. The first-order valence-electron chi connectivity index (χ1n) is 11.3. The van der Waals surface area contributed by atoms with Crippen molar-refractivity contribution in [3.8, 4) is 0 Å². The molecule has 2 unspecified atom stereocenters. The zero-order chi connectivity index (χ0) is 22.9. The Kier molecular flexibility index (Phi) is 10.6. The highest BCUT2D eigenvalue weighted by atomic mass is 16.6. The first-order valence-corrected chi connectivity index (χ1v) is 11.3. The predicted octanol–water partition coefficient (Wildman–Crippen LogP) is 3.50. The Morgan fingerprint density at radius 3 is 2.33 bits per heavy atom. The molecular formula is C22H41N3O5. The van der Waals surface area contributed by atoms with Gasteiger partial charge in [0.1, 0.15) is 11.6 Å². The third-order valence-corrected chi connectivity index (χ3v) is 5.11. The molecule has 8 heteroatoms. The molecule has 1 saturated heterocycles. The van der Waals surface area contributed by atoms with Crippen molar-refractivity contribution in [3.63, 3.8) is 0 Å². The van der Waals surface area contributed by atoms with Crippen LogP contribution in [0.4, 0.5) is 4.79 Å². The van der Waals surface area contributed by atoms with Crippen LogP contribution in [0.1, 0.15) is 80.1 Å². The summed E-state index contributed by atoms with van der Waals surface area (Å²) in [4.78, 5) is 39.0. The van der Waals surface area contributed by atoms with E-state index in [1.165, 1.54) is 9.91 Å². The lowest BCUT2D eigenvalue weighted by Gasteiger charge is -2.35. The summed E-state index contributed by atoms with van der Waals surface area (Å²) < 4.78 is 10.6. The van der Waals surface area contributed by atoms with Crippen LogP contribution in [0, 0.1) is 5.92 Å². The van der Waals surface area contributed by atoms with E-state index >= 15 is 0 Å². The highest BCUT2D eigenvalue weighted by molar-refractivity contribution is 5.86. The Morgan fingerprint density at radius 2 is 1.80 bits per heavy atom. The van der Waals surface area contributed by atoms with Gasteiger partial charge >= 0.3 is 12.1 Å². The number of nitrogens with zero attached hydrogens (tertiary/aromatic N) is 2. The van der Waals surface area contributed by atoms with Crippen molar-refractivity contribution in [2.75, 3.05) is 20.2 Å². The number of likely N-dealkylation sites (N-methyl/N-ethyl adjacent to an activating group) is 1. The van der Waals surface area contributed by atoms with E-state index in [0.29, 0.717) is 6.54 Å². The van der Waals surface area contributed by atoms with Crippen LogP contribution in [0.15, 0.2) is 0 Å². The van der Waals surface area contributed by atoms with Crippen molar-refractivity contribution >= 4 is 18.0 Å². The fraction of sp³-hybridized carbons (Fsp3) is 0.864. The number of ether oxygens (including phenoxy) is 2. The molecular weight excluding hydrogens is 386 g/mol. The Morgan fingerprint density at radius 1 is 1.20 bits per heavy atom. The van der Waals surface area contributed by atoms with Crippen molar-refractivity contribution in [1.82, 2.24) is 15.3 Å². The predicted molar refractivity (Wildman–Crippen MR) is 116 cm³/mol. The van der Waals surface area contributed by atoms with Crippen LogP contribution >= 0.6 is 0 Å². The molecule has 0 aromatic heterocycles. The van der Waals surface area contributed by atoms with Crippen LogP contribution < -0.4 is 5.43 Å². The van der Waals surface area contributed by atoms with Crippen molar-refractivity contribution in [2.45, 2.75) is 97.8 Å². The monoisotopic (exact) mass is 427 g/mol. The lowest BCUT2D eigenvalue weighted by atomic mass is 9.83. The number of hydrazine groups is 1. The van der Waals surface area contributed by atoms with Crippen LogP contribution in [-0.4, -0.2) is 65.8 Å². The zero-order valence-corrected chi connectivity index (χ0v) is 19.8. The molecule has 1 aliphatic heterocycles. The van der Waals surface area contributed by atoms with E-state index in [-0.39, 0.29) is 36.9 Å². The van der Waals surface area contributed by atoms with Gasteiger partial charge in [0.15, 0.2) is 0 Å². The molecule has 0 aromatic rings. The van der Waals surface area contributed by atoms with Gasteiger partial charge in [0.25, 0.3) is 0 Å². The van der Waals surface area contributed by atoms with Crippen LogP contribution in [0.3, 0.4) is 0 Å². The second-order valence-electron chi connectivity index (χ2n) is 8.75. The number of carbonyl (C=O) groups excluding carboxylic acids is 3. The number of carbonyl (C=O) groups is 3. The maximum absolute atomic E-state index is 12.7. The SMILES string of the molecule is CC.CCOC(=O)C(C1CCCCC1)N1NC(CN(C)C(=O)OC(C)(C)C)CC1=O. The van der Waals surface area contributed by atoms with Gasteiger partial charge in [-0.15, -0.1) is 0 Å². The van der Waals surface area contributed by atoms with Crippen LogP contribution in [0.25, 0.3) is 0 Å². The largest absolute Gasteiger partial charge is 0.464 e. The van der Waals surface area contributed by atoms with E-state index in [2.05, 4.69) is 5.43 Å². The first kappa shape index (κ1) is 26.2. The molecule has 1 N–H and O–H groups in total. The van der Waals surface area contributed by atoms with Crippen LogP contribution in [0.2, 0.25) is 0 Å². The van der Waals surface area contributed by atoms with Gasteiger partial charge in [-0.1, -0.05) is 33.1 Å². The van der Waals surface area contributed by atoms with Crippen LogP contribution in [-0.2, 0) is 19.1 Å². The second kappa shape index (κ2) is 12.1. The average Bonchev–Trinajstić information content (AvgIpc) is 3.03. The third kappa shape index (κ3) is 7.78. The molecule has 174 valence electrons. The van der Waals surface area contributed by atoms with Gasteiger partial charge in [0.2, 0.25) is 5.91 Å². The van der Waals surface area contributed by atoms with Gasteiger partial charge in [-0.2, -0.15) is 0 Å². The molecule has 2 amide bonds. The highest BCUT2D eigenvalue weighted by Gasteiger charge is 2.43. The Bertz CT molecular complexity index is 570. The van der Waals surface area contributed by atoms with Gasteiger partial charge in [0.05, 0.1) is 12.6 Å². The van der Waals surface area contributed by atoms with Gasteiger partial charge in [-0.05, 0) is 46.5 Å². The van der Waals surface area contributed by atoms with Gasteiger partial charge in [-0.25, -0.2) is 15.0 Å². The maximum atomic E-state index is 12.7. The smallest absolute Gasteiger partial charge is 0.410 e. The number of esters is 1. The molecule has 1 saturated carbocycles. The third-order valence-electron chi connectivity index (χ3n) is 5.11. The molecule has 2 rings (SSSR count). The average molecular weight is 428 g/mol. The first-order chi connectivity index (χ1) is 14.1. The molecule has 0 bridgehead atoms. The fourth-order valence-corrected chi connectivity index (χ4v) is 3.90. The number of hydrogen-bond donors (Lipinski definition) is 1. The number of amides is 2. The fourth-order valence-electron chi connectivity index (χ4n) is 3.90. The van der Waals surface area contributed by atoms with E-state index in [9.17, 15) is 14.4 Å². The van der Waals surface area contributed by atoms with E-state index in [1.54, 1.807) is 14.0 Å². The molecule has 0 radical (unpaired) electrons. The lowest BCUT2D eigenvalue weighted by Crippen LogP contribution is -2.54. The Labute approximate surface area is 181 Å². The van der Waals surface area contributed by atoms with Gasteiger partial charge < -0.3 is 14.4 Å². The minimum absolute atomic E-state index is 0.103. The Balaban J connectivity index is 0.00000218. The summed E-state index contributed by atoms with van der Waals surface area (Å²) in [6, 6.07) is -0.866. The van der Waals surface area contributed by atoms with E-state index in [4.69, 9.17) is 9.47 Å². The molecule has 2 fully saturated rings. The molecule has 1 heterocycles. The number of hydrogen-bond acceptors (Lipinski definition) is 6. The molecule has 8 nitrogen and oxygen atoms in total. The molecule has 2 aliphatic rings. The summed E-state index contributed by atoms with van der Waals surface area (Å²) in [5, 5.41) is 1.46. The standard InChI is InChI=1S/C20H35N3O5.C2H6/c1-6-27-18(25)17(14-10-8-7-9-11-14)23-16(24)12-15(21-23)13-22(5)19(26)28-20(2,3)4;1-2/h14-15,17,21H,6-13H2,1-5H3;1-2H3. The normalized spacial score (nSPS) is 20.8. The topological polar surface area (TPSA) is 88.2 Å². The van der Waals surface area contributed by atoms with Crippen molar-refractivity contribution < 1.29 is 23.9 Å². The summed E-state index contributed by atoms with van der Waals surface area (Å²) in [5.74, 6) is -0.380.